The fourth-order valence-electron chi connectivity index (χ4n) is 4.82. The normalized spacial score (nSPS) is 20.4. The number of halogens is 2. The molecule has 0 saturated carbocycles. The summed E-state index contributed by atoms with van der Waals surface area (Å²) in [5.74, 6) is 0.679. The van der Waals surface area contributed by atoms with E-state index in [0.29, 0.717) is 34.4 Å². The molecule has 8 heteroatoms. The molecular formula is C23H21Cl2N3O3. The third-order valence-corrected chi connectivity index (χ3v) is 6.99. The molecule has 1 amide bonds. The number of hydrogen-bond acceptors (Lipinski definition) is 4. The Balaban J connectivity index is 1.46. The average Bonchev–Trinajstić information content (AvgIpc) is 3.03. The molecule has 2 bridgehead atoms. The second-order valence-corrected chi connectivity index (χ2v) is 8.82. The van der Waals surface area contributed by atoms with E-state index in [1.54, 1.807) is 36.3 Å². The van der Waals surface area contributed by atoms with Crippen LogP contribution in [0.1, 0.15) is 12.8 Å². The Morgan fingerprint density at radius 3 is 2.39 bits per heavy atom. The highest BCUT2D eigenvalue weighted by atomic mass is 35.5. The molecule has 0 aliphatic carbocycles. The first-order chi connectivity index (χ1) is 15.0. The smallest absolute Gasteiger partial charge is 0.331 e. The van der Waals surface area contributed by atoms with Crippen LogP contribution < -0.4 is 15.2 Å². The number of carbonyl (C=O) groups excluding carboxylic acids is 1. The van der Waals surface area contributed by atoms with Gasteiger partial charge in [0.05, 0.1) is 22.7 Å². The Labute approximate surface area is 189 Å². The minimum absolute atomic E-state index is 0.172. The van der Waals surface area contributed by atoms with Crippen molar-refractivity contribution in [2.45, 2.75) is 24.9 Å². The van der Waals surface area contributed by atoms with Gasteiger partial charge in [-0.1, -0.05) is 23.2 Å². The Morgan fingerprint density at radius 1 is 0.968 bits per heavy atom. The van der Waals surface area contributed by atoms with Gasteiger partial charge in [-0.3, -0.25) is 4.79 Å². The van der Waals surface area contributed by atoms with Crippen LogP contribution in [0.25, 0.3) is 10.9 Å². The lowest BCUT2D eigenvalue weighted by Crippen LogP contribution is -2.57. The van der Waals surface area contributed by atoms with Crippen molar-refractivity contribution in [3.8, 4) is 5.75 Å². The number of methoxy groups -OCH3 is 1. The van der Waals surface area contributed by atoms with Crippen molar-refractivity contribution in [1.29, 1.82) is 0 Å². The van der Waals surface area contributed by atoms with Crippen LogP contribution in [0.3, 0.4) is 0 Å². The molecule has 1 aromatic heterocycles. The van der Waals surface area contributed by atoms with Crippen molar-refractivity contribution >= 4 is 45.8 Å². The second kappa shape index (κ2) is 7.77. The van der Waals surface area contributed by atoms with Crippen LogP contribution in [-0.2, 0) is 0 Å². The van der Waals surface area contributed by atoms with Gasteiger partial charge in [-0.05, 0) is 55.3 Å². The molecule has 2 unspecified atom stereocenters. The molecule has 2 atom stereocenters. The van der Waals surface area contributed by atoms with E-state index in [-0.39, 0.29) is 23.7 Å². The third kappa shape index (κ3) is 3.44. The Bertz CT molecular complexity index is 1230. The van der Waals surface area contributed by atoms with Gasteiger partial charge in [-0.25, -0.2) is 9.36 Å². The Morgan fingerprint density at radius 2 is 1.71 bits per heavy atom. The molecule has 6 nitrogen and oxygen atoms in total. The molecule has 160 valence electrons. The zero-order valence-electron chi connectivity index (χ0n) is 16.9. The maximum Gasteiger partial charge on any atom is 0.331 e. The first-order valence-corrected chi connectivity index (χ1v) is 10.9. The van der Waals surface area contributed by atoms with Crippen LogP contribution in [0.4, 0.5) is 10.5 Å². The average molecular weight is 458 g/mol. The lowest BCUT2D eigenvalue weighted by atomic mass is 10.1. The highest BCUT2D eigenvalue weighted by Crippen LogP contribution is 2.37. The van der Waals surface area contributed by atoms with E-state index < -0.39 is 0 Å². The number of carbonyl (C=O) groups is 1. The van der Waals surface area contributed by atoms with E-state index in [0.717, 1.165) is 23.9 Å². The van der Waals surface area contributed by atoms with Gasteiger partial charge in [0.15, 0.2) is 0 Å². The number of hydrogen-bond donors (Lipinski definition) is 0. The van der Waals surface area contributed by atoms with Gasteiger partial charge in [0.25, 0.3) is 5.56 Å². The first kappa shape index (κ1) is 20.2. The topological polar surface area (TPSA) is 54.8 Å². The minimum Gasteiger partial charge on any atom is -0.497 e. The zero-order chi connectivity index (χ0) is 21.7. The van der Waals surface area contributed by atoms with Crippen LogP contribution in [0.2, 0.25) is 10.0 Å². The predicted molar refractivity (Wildman–Crippen MR) is 123 cm³/mol. The van der Waals surface area contributed by atoms with Crippen LogP contribution in [-0.4, -0.2) is 47.8 Å². The number of nitrogens with zero attached hydrogens (tertiary/aromatic N) is 3. The number of pyridine rings is 1. The largest absolute Gasteiger partial charge is 0.497 e. The predicted octanol–water partition coefficient (Wildman–Crippen LogP) is 4.64. The van der Waals surface area contributed by atoms with Gasteiger partial charge in [0, 0.05) is 42.3 Å². The number of likely N-dealkylation sites (tertiary alicyclic amines) is 1. The summed E-state index contributed by atoms with van der Waals surface area (Å²) in [7, 11) is 1.59. The number of amides is 1. The molecule has 5 rings (SSSR count). The van der Waals surface area contributed by atoms with Gasteiger partial charge in [-0.2, -0.15) is 0 Å². The summed E-state index contributed by atoms with van der Waals surface area (Å²) in [6.07, 6.45) is 1.96. The summed E-state index contributed by atoms with van der Waals surface area (Å²) in [4.78, 5) is 30.2. The number of fused-ring (bicyclic) bond motifs is 3. The third-order valence-electron chi connectivity index (χ3n) is 6.25. The summed E-state index contributed by atoms with van der Waals surface area (Å²) in [5.41, 5.74) is 1.27. The summed E-state index contributed by atoms with van der Waals surface area (Å²) in [6.45, 7) is 1.10. The van der Waals surface area contributed by atoms with E-state index >= 15 is 0 Å². The molecule has 0 radical (unpaired) electrons. The molecule has 31 heavy (non-hydrogen) atoms. The molecule has 0 N–H and O–H groups in total. The Kier molecular flexibility index (Phi) is 5.07. The van der Waals surface area contributed by atoms with E-state index in [2.05, 4.69) is 4.90 Å². The number of ether oxygens (including phenoxy) is 1. The Hall–Kier alpha value is -2.70. The molecular weight excluding hydrogens is 437 g/mol. The molecule has 2 aliphatic heterocycles. The van der Waals surface area contributed by atoms with Crippen molar-refractivity contribution in [2.75, 3.05) is 25.1 Å². The molecule has 2 saturated heterocycles. The molecule has 3 heterocycles. The second-order valence-electron chi connectivity index (χ2n) is 8.01. The zero-order valence-corrected chi connectivity index (χ0v) is 18.4. The molecule has 2 aliphatic rings. The van der Waals surface area contributed by atoms with Crippen LogP contribution in [0.5, 0.6) is 5.75 Å². The lowest BCUT2D eigenvalue weighted by Gasteiger charge is -2.42. The monoisotopic (exact) mass is 457 g/mol. The number of benzene rings is 2. The molecule has 2 fully saturated rings. The van der Waals surface area contributed by atoms with Gasteiger partial charge in [-0.15, -0.1) is 0 Å². The summed E-state index contributed by atoms with van der Waals surface area (Å²) in [5, 5.41) is 1.83. The highest BCUT2D eigenvalue weighted by molar-refractivity contribution is 6.42. The summed E-state index contributed by atoms with van der Waals surface area (Å²) in [6, 6.07) is 14.2. The lowest BCUT2D eigenvalue weighted by molar-refractivity contribution is 0.185. The first-order valence-electron chi connectivity index (χ1n) is 10.2. The highest BCUT2D eigenvalue weighted by Gasteiger charge is 2.42. The maximum atomic E-state index is 13.5. The van der Waals surface area contributed by atoms with Crippen molar-refractivity contribution in [3.05, 3.63) is 68.9 Å². The molecule has 2 aromatic carbocycles. The standard InChI is InChI=1S/C23H21Cl2N3O3/c1-31-18-6-8-21-14(10-18)2-9-22(29)28(21)23(30)26-12-16-3-4-17(13-26)27(16)15-5-7-19(24)20(25)11-15/h2,5-11,16-17H,3-4,12-13H2,1H3. The van der Waals surface area contributed by atoms with Crippen molar-refractivity contribution in [2.24, 2.45) is 0 Å². The maximum absolute atomic E-state index is 13.5. The minimum atomic E-state index is -0.332. The summed E-state index contributed by atoms with van der Waals surface area (Å²) >= 11 is 12.3. The van der Waals surface area contributed by atoms with Crippen molar-refractivity contribution in [1.82, 2.24) is 9.47 Å². The van der Waals surface area contributed by atoms with Gasteiger partial charge in [0.1, 0.15) is 5.75 Å². The SMILES string of the molecule is COc1ccc2c(ccc(=O)n2C(=O)N2CC3CCC(C2)N3c2ccc(Cl)c(Cl)c2)c1. The molecule has 3 aromatic rings. The van der Waals surface area contributed by atoms with Gasteiger partial charge in [0.2, 0.25) is 0 Å². The van der Waals surface area contributed by atoms with Crippen molar-refractivity contribution in [3.63, 3.8) is 0 Å². The number of aromatic nitrogens is 1. The fraction of sp³-hybridized carbons (Fsp3) is 0.304. The number of piperazine rings is 1. The van der Waals surface area contributed by atoms with Gasteiger partial charge < -0.3 is 14.5 Å². The number of anilines is 1. The van der Waals surface area contributed by atoms with E-state index in [4.69, 9.17) is 27.9 Å². The van der Waals surface area contributed by atoms with E-state index in [1.165, 1.54) is 10.6 Å². The van der Waals surface area contributed by atoms with Crippen LogP contribution in [0.15, 0.2) is 53.3 Å². The number of rotatable bonds is 2. The fourth-order valence-corrected chi connectivity index (χ4v) is 5.11. The van der Waals surface area contributed by atoms with Crippen LogP contribution >= 0.6 is 23.2 Å². The summed E-state index contributed by atoms with van der Waals surface area (Å²) < 4.78 is 6.54. The molecule has 0 spiro atoms. The quantitative estimate of drug-likeness (QED) is 0.562. The van der Waals surface area contributed by atoms with Crippen molar-refractivity contribution < 1.29 is 9.53 Å². The van der Waals surface area contributed by atoms with E-state index in [9.17, 15) is 9.59 Å². The van der Waals surface area contributed by atoms with Gasteiger partial charge >= 0.3 is 6.03 Å². The van der Waals surface area contributed by atoms with Crippen LogP contribution in [0, 0.1) is 0 Å². The van der Waals surface area contributed by atoms with E-state index in [1.807, 2.05) is 18.2 Å².